The molecular weight excluding hydrogens is 188 g/mol. The van der Waals surface area contributed by atoms with Crippen molar-refractivity contribution >= 4 is 5.78 Å². The van der Waals surface area contributed by atoms with Crippen molar-refractivity contribution in [2.24, 2.45) is 5.92 Å². The molecule has 0 saturated heterocycles. The van der Waals surface area contributed by atoms with E-state index in [0.29, 0.717) is 12.3 Å². The van der Waals surface area contributed by atoms with Crippen LogP contribution in [-0.4, -0.2) is 19.0 Å². The number of hydrogen-bond donors (Lipinski definition) is 0. The zero-order chi connectivity index (χ0) is 11.1. The summed E-state index contributed by atoms with van der Waals surface area (Å²) >= 11 is 0. The molecule has 0 aliphatic heterocycles. The second kappa shape index (κ2) is 6.78. The van der Waals surface area contributed by atoms with E-state index in [1.54, 1.807) is 13.2 Å². The molecule has 0 N–H and O–H groups in total. The lowest BCUT2D eigenvalue weighted by molar-refractivity contribution is -0.132. The molecule has 15 heavy (non-hydrogen) atoms. The largest absolute Gasteiger partial charge is 0.373 e. The van der Waals surface area contributed by atoms with Crippen LogP contribution in [0.4, 0.5) is 0 Å². The van der Waals surface area contributed by atoms with Gasteiger partial charge in [-0.2, -0.15) is 0 Å². The summed E-state index contributed by atoms with van der Waals surface area (Å²) in [6.07, 6.45) is 9.10. The Hall–Kier alpha value is -0.630. The summed E-state index contributed by atoms with van der Waals surface area (Å²) in [7, 11) is 1.66. The van der Waals surface area contributed by atoms with Crippen LogP contribution in [0.25, 0.3) is 0 Å². The summed E-state index contributed by atoms with van der Waals surface area (Å²) in [4.78, 5) is 11.9. The first kappa shape index (κ1) is 12.4. The molecule has 1 fully saturated rings. The zero-order valence-electron chi connectivity index (χ0n) is 9.71. The number of ketones is 1. The van der Waals surface area contributed by atoms with E-state index in [0.717, 1.165) is 19.3 Å². The summed E-state index contributed by atoms with van der Waals surface area (Å²) in [6.45, 7) is 3.64. The maximum Gasteiger partial charge on any atom is 0.162 e. The lowest BCUT2D eigenvalue weighted by Gasteiger charge is -2.28. The SMILES string of the molecule is C=CCCC(=O)C(OC)C1CCCCC1. The lowest BCUT2D eigenvalue weighted by atomic mass is 9.83. The molecule has 1 aliphatic rings. The molecule has 1 unspecified atom stereocenters. The Morgan fingerprint density at radius 3 is 2.67 bits per heavy atom. The van der Waals surface area contributed by atoms with Gasteiger partial charge in [0.1, 0.15) is 6.10 Å². The first-order valence-corrected chi connectivity index (χ1v) is 5.96. The molecule has 0 heterocycles. The van der Waals surface area contributed by atoms with Gasteiger partial charge in [0.2, 0.25) is 0 Å². The fourth-order valence-corrected chi connectivity index (χ4v) is 2.41. The van der Waals surface area contributed by atoms with E-state index >= 15 is 0 Å². The molecule has 1 saturated carbocycles. The Labute approximate surface area is 92.7 Å². The van der Waals surface area contributed by atoms with E-state index in [1.165, 1.54) is 19.3 Å². The summed E-state index contributed by atoms with van der Waals surface area (Å²) in [5, 5.41) is 0. The third kappa shape index (κ3) is 3.78. The molecule has 1 atom stereocenters. The third-order valence-electron chi connectivity index (χ3n) is 3.24. The van der Waals surface area contributed by atoms with Crippen LogP contribution in [0.5, 0.6) is 0 Å². The molecule has 1 rings (SSSR count). The molecule has 0 aromatic heterocycles. The Balaban J connectivity index is 2.44. The van der Waals surface area contributed by atoms with Crippen LogP contribution in [0, 0.1) is 5.92 Å². The zero-order valence-corrected chi connectivity index (χ0v) is 9.71. The summed E-state index contributed by atoms with van der Waals surface area (Å²) < 4.78 is 5.36. The fourth-order valence-electron chi connectivity index (χ4n) is 2.41. The smallest absolute Gasteiger partial charge is 0.162 e. The van der Waals surface area contributed by atoms with Gasteiger partial charge in [0.15, 0.2) is 5.78 Å². The summed E-state index contributed by atoms with van der Waals surface area (Å²) in [6, 6.07) is 0. The van der Waals surface area contributed by atoms with Gasteiger partial charge in [0.05, 0.1) is 0 Å². The molecule has 0 aromatic carbocycles. The second-order valence-electron chi connectivity index (χ2n) is 4.35. The Bertz CT molecular complexity index is 205. The average molecular weight is 210 g/mol. The van der Waals surface area contributed by atoms with Crippen molar-refractivity contribution < 1.29 is 9.53 Å². The van der Waals surface area contributed by atoms with E-state index < -0.39 is 0 Å². The topological polar surface area (TPSA) is 26.3 Å². The monoisotopic (exact) mass is 210 g/mol. The van der Waals surface area contributed by atoms with Crippen molar-refractivity contribution in [1.29, 1.82) is 0 Å². The van der Waals surface area contributed by atoms with Gasteiger partial charge in [0, 0.05) is 13.5 Å². The second-order valence-corrected chi connectivity index (χ2v) is 4.35. The maximum atomic E-state index is 11.9. The van der Waals surface area contributed by atoms with E-state index in [2.05, 4.69) is 6.58 Å². The predicted molar refractivity (Wildman–Crippen MR) is 61.8 cm³/mol. The number of methoxy groups -OCH3 is 1. The van der Waals surface area contributed by atoms with Gasteiger partial charge in [-0.05, 0) is 25.2 Å². The number of carbonyl (C=O) groups excluding carboxylic acids is 1. The number of Topliss-reactive ketones (excluding diaryl/α,β-unsaturated/α-hetero) is 1. The van der Waals surface area contributed by atoms with Crippen molar-refractivity contribution in [2.75, 3.05) is 7.11 Å². The normalized spacial score (nSPS) is 19.8. The van der Waals surface area contributed by atoms with Crippen molar-refractivity contribution in [2.45, 2.75) is 51.0 Å². The van der Waals surface area contributed by atoms with Crippen LogP contribution in [0.15, 0.2) is 12.7 Å². The molecule has 2 nitrogen and oxygen atoms in total. The van der Waals surface area contributed by atoms with Gasteiger partial charge < -0.3 is 4.74 Å². The third-order valence-corrected chi connectivity index (χ3v) is 3.24. The molecule has 0 amide bonds. The Morgan fingerprint density at radius 2 is 2.13 bits per heavy atom. The van der Waals surface area contributed by atoms with Gasteiger partial charge in [-0.25, -0.2) is 0 Å². The van der Waals surface area contributed by atoms with Gasteiger partial charge in [0.25, 0.3) is 0 Å². The van der Waals surface area contributed by atoms with Crippen LogP contribution >= 0.6 is 0 Å². The summed E-state index contributed by atoms with van der Waals surface area (Å²) in [5.41, 5.74) is 0. The van der Waals surface area contributed by atoms with E-state index in [1.807, 2.05) is 0 Å². The van der Waals surface area contributed by atoms with E-state index in [-0.39, 0.29) is 11.9 Å². The quantitative estimate of drug-likeness (QED) is 0.630. The van der Waals surface area contributed by atoms with Crippen molar-refractivity contribution in [3.05, 3.63) is 12.7 Å². The molecule has 0 aromatic rings. The van der Waals surface area contributed by atoms with Crippen LogP contribution < -0.4 is 0 Å². The van der Waals surface area contributed by atoms with Crippen LogP contribution in [-0.2, 0) is 9.53 Å². The number of rotatable bonds is 6. The van der Waals surface area contributed by atoms with Crippen LogP contribution in [0.1, 0.15) is 44.9 Å². The molecule has 2 heteroatoms. The van der Waals surface area contributed by atoms with Crippen LogP contribution in [0.2, 0.25) is 0 Å². The number of ether oxygens (including phenoxy) is 1. The van der Waals surface area contributed by atoms with Gasteiger partial charge >= 0.3 is 0 Å². The van der Waals surface area contributed by atoms with Gasteiger partial charge in [-0.3, -0.25) is 4.79 Å². The Morgan fingerprint density at radius 1 is 1.47 bits per heavy atom. The number of carbonyl (C=O) groups is 1. The highest BCUT2D eigenvalue weighted by Crippen LogP contribution is 2.28. The van der Waals surface area contributed by atoms with Gasteiger partial charge in [-0.1, -0.05) is 25.3 Å². The Kier molecular flexibility index (Phi) is 5.62. The van der Waals surface area contributed by atoms with Crippen molar-refractivity contribution in [3.8, 4) is 0 Å². The lowest BCUT2D eigenvalue weighted by Crippen LogP contribution is -2.32. The molecule has 0 bridgehead atoms. The number of hydrogen-bond acceptors (Lipinski definition) is 2. The minimum Gasteiger partial charge on any atom is -0.373 e. The molecule has 1 aliphatic carbocycles. The first-order chi connectivity index (χ1) is 7.29. The van der Waals surface area contributed by atoms with Crippen molar-refractivity contribution in [1.82, 2.24) is 0 Å². The average Bonchev–Trinajstić information content (AvgIpc) is 2.29. The van der Waals surface area contributed by atoms with Crippen LogP contribution in [0.3, 0.4) is 0 Å². The highest BCUT2D eigenvalue weighted by molar-refractivity contribution is 5.83. The standard InChI is InChI=1S/C13H22O2/c1-3-4-10-12(14)13(15-2)11-8-6-5-7-9-11/h3,11,13H,1,4-10H2,2H3. The molecule has 0 radical (unpaired) electrons. The molecular formula is C13H22O2. The van der Waals surface area contributed by atoms with E-state index in [9.17, 15) is 4.79 Å². The molecule has 0 spiro atoms. The van der Waals surface area contributed by atoms with Gasteiger partial charge in [-0.15, -0.1) is 6.58 Å². The number of allylic oxidation sites excluding steroid dienone is 1. The minimum atomic E-state index is -0.162. The summed E-state index contributed by atoms with van der Waals surface area (Å²) in [5.74, 6) is 0.713. The molecule has 86 valence electrons. The first-order valence-electron chi connectivity index (χ1n) is 5.96. The highest BCUT2D eigenvalue weighted by atomic mass is 16.5. The van der Waals surface area contributed by atoms with E-state index in [4.69, 9.17) is 4.74 Å². The fraction of sp³-hybridized carbons (Fsp3) is 0.769. The predicted octanol–water partition coefficient (Wildman–Crippen LogP) is 3.12. The minimum absolute atomic E-state index is 0.162. The van der Waals surface area contributed by atoms with Crippen molar-refractivity contribution in [3.63, 3.8) is 0 Å². The highest BCUT2D eigenvalue weighted by Gasteiger charge is 2.28. The maximum absolute atomic E-state index is 11.9.